The Morgan fingerprint density at radius 3 is 2.87 bits per heavy atom. The van der Waals surface area contributed by atoms with Gasteiger partial charge in [-0.1, -0.05) is 31.0 Å². The van der Waals surface area contributed by atoms with Gasteiger partial charge in [0.2, 0.25) is 0 Å². The van der Waals surface area contributed by atoms with Crippen LogP contribution in [0, 0.1) is 0 Å². The Kier molecular flexibility index (Phi) is 3.83. The van der Waals surface area contributed by atoms with Gasteiger partial charge in [0.1, 0.15) is 0 Å². The van der Waals surface area contributed by atoms with Gasteiger partial charge >= 0.3 is 0 Å². The number of para-hydroxylation sites is 1. The highest BCUT2D eigenvalue weighted by Gasteiger charge is 2.37. The molecule has 0 radical (unpaired) electrons. The maximum Gasteiger partial charge on any atom is 0.276 e. The van der Waals surface area contributed by atoms with E-state index in [9.17, 15) is 4.79 Å². The summed E-state index contributed by atoms with van der Waals surface area (Å²) in [6.07, 6.45) is 6.15. The second-order valence-electron chi connectivity index (χ2n) is 6.11. The molecule has 1 amide bonds. The van der Waals surface area contributed by atoms with Crippen LogP contribution in [0.3, 0.4) is 0 Å². The number of rotatable bonds is 2. The molecule has 2 aliphatic rings. The molecule has 1 aromatic carbocycles. The first-order valence-corrected chi connectivity index (χ1v) is 8.23. The number of benzene rings is 1. The molecule has 0 bridgehead atoms. The summed E-state index contributed by atoms with van der Waals surface area (Å²) in [5.41, 5.74) is 1.25. The van der Waals surface area contributed by atoms with Gasteiger partial charge in [-0.25, -0.2) is 0 Å². The quantitative estimate of drug-likeness (QED) is 0.851. The molecule has 1 aliphatic heterocycles. The first kappa shape index (κ1) is 14.4. The van der Waals surface area contributed by atoms with E-state index in [1.807, 2.05) is 35.2 Å². The number of hydrogen-bond donors (Lipinski definition) is 0. The first-order chi connectivity index (χ1) is 11.3. The highest BCUT2D eigenvalue weighted by Crippen LogP contribution is 2.29. The van der Waals surface area contributed by atoms with E-state index in [0.717, 1.165) is 24.9 Å². The summed E-state index contributed by atoms with van der Waals surface area (Å²) < 4.78 is 5.84. The number of carbonyl (C=O) groups is 1. The maximum atomic E-state index is 12.9. The largest absolute Gasteiger partial charge is 0.374 e. The van der Waals surface area contributed by atoms with Crippen LogP contribution in [0.4, 0.5) is 0 Å². The molecular weight excluding hydrogens is 292 g/mol. The summed E-state index contributed by atoms with van der Waals surface area (Å²) in [5, 5.41) is 8.60. The van der Waals surface area contributed by atoms with E-state index >= 15 is 0 Å². The van der Waals surface area contributed by atoms with Crippen molar-refractivity contribution in [3.8, 4) is 5.69 Å². The van der Waals surface area contributed by atoms with Crippen molar-refractivity contribution < 1.29 is 9.53 Å². The fourth-order valence-electron chi connectivity index (χ4n) is 3.54. The average molecular weight is 312 g/mol. The Morgan fingerprint density at radius 1 is 1.17 bits per heavy atom. The van der Waals surface area contributed by atoms with Crippen molar-refractivity contribution in [3.63, 3.8) is 0 Å². The standard InChI is InChI=1S/C17H20N4O2/c22-17(20-10-11-23-16-9-5-4-8-15(16)20)14-12-18-21(19-14)13-6-2-1-3-7-13/h1-3,6-7,12,15-16H,4-5,8-11H2/t15-,16+/m0/s1. The predicted molar refractivity (Wildman–Crippen MR) is 84.4 cm³/mol. The van der Waals surface area contributed by atoms with Crippen LogP contribution >= 0.6 is 0 Å². The van der Waals surface area contributed by atoms with Crippen molar-refractivity contribution in [1.29, 1.82) is 0 Å². The lowest BCUT2D eigenvalue weighted by atomic mass is 9.90. The number of carbonyl (C=O) groups excluding carboxylic acids is 1. The van der Waals surface area contributed by atoms with E-state index in [1.165, 1.54) is 11.2 Å². The summed E-state index contributed by atoms with van der Waals surface area (Å²) >= 11 is 0. The summed E-state index contributed by atoms with van der Waals surface area (Å²) in [6, 6.07) is 9.81. The third-order valence-electron chi connectivity index (χ3n) is 4.69. The van der Waals surface area contributed by atoms with Crippen LogP contribution in [0.2, 0.25) is 0 Å². The molecular formula is C17H20N4O2. The van der Waals surface area contributed by atoms with Crippen LogP contribution in [0.15, 0.2) is 36.5 Å². The SMILES string of the molecule is O=C(c1cnn(-c2ccccc2)n1)N1CCO[C@@H]2CCCC[C@@H]21. The van der Waals surface area contributed by atoms with E-state index in [4.69, 9.17) is 4.74 Å². The number of fused-ring (bicyclic) bond motifs is 1. The predicted octanol–water partition coefficient (Wildman–Crippen LogP) is 2.05. The van der Waals surface area contributed by atoms with Crippen LogP contribution in [-0.4, -0.2) is 51.1 Å². The number of amides is 1. The Balaban J connectivity index is 1.56. The monoisotopic (exact) mass is 312 g/mol. The summed E-state index contributed by atoms with van der Waals surface area (Å²) in [6.45, 7) is 1.25. The molecule has 0 N–H and O–H groups in total. The minimum Gasteiger partial charge on any atom is -0.374 e. The molecule has 1 saturated heterocycles. The van der Waals surface area contributed by atoms with Crippen LogP contribution in [-0.2, 0) is 4.74 Å². The van der Waals surface area contributed by atoms with Gasteiger partial charge in [-0.2, -0.15) is 9.90 Å². The Morgan fingerprint density at radius 2 is 2.00 bits per heavy atom. The Labute approximate surface area is 135 Å². The maximum absolute atomic E-state index is 12.9. The number of ether oxygens (including phenoxy) is 1. The highest BCUT2D eigenvalue weighted by molar-refractivity contribution is 5.92. The minimum absolute atomic E-state index is 0.0348. The molecule has 1 aromatic heterocycles. The van der Waals surface area contributed by atoms with E-state index in [-0.39, 0.29) is 18.1 Å². The molecule has 0 spiro atoms. The first-order valence-electron chi connectivity index (χ1n) is 8.23. The number of nitrogens with zero attached hydrogens (tertiary/aromatic N) is 4. The lowest BCUT2D eigenvalue weighted by molar-refractivity contribution is -0.0754. The molecule has 23 heavy (non-hydrogen) atoms. The summed E-state index contributed by atoms with van der Waals surface area (Å²) in [7, 11) is 0. The van der Waals surface area contributed by atoms with Crippen LogP contribution in [0.5, 0.6) is 0 Å². The molecule has 2 heterocycles. The van der Waals surface area contributed by atoms with Gasteiger partial charge in [0.25, 0.3) is 5.91 Å². The van der Waals surface area contributed by atoms with Gasteiger partial charge < -0.3 is 9.64 Å². The molecule has 1 aliphatic carbocycles. The normalized spacial score (nSPS) is 24.3. The molecule has 0 unspecified atom stereocenters. The van der Waals surface area contributed by atoms with Gasteiger partial charge in [-0.3, -0.25) is 4.79 Å². The molecule has 2 atom stereocenters. The number of hydrogen-bond acceptors (Lipinski definition) is 4. The number of morpholine rings is 1. The lowest BCUT2D eigenvalue weighted by Crippen LogP contribution is -2.54. The minimum atomic E-state index is -0.0348. The zero-order valence-corrected chi connectivity index (χ0v) is 13.0. The van der Waals surface area contributed by atoms with Crippen molar-refractivity contribution in [1.82, 2.24) is 19.9 Å². The summed E-state index contributed by atoms with van der Waals surface area (Å²) in [4.78, 5) is 16.3. The van der Waals surface area contributed by atoms with Crippen molar-refractivity contribution in [2.45, 2.75) is 37.8 Å². The summed E-state index contributed by atoms with van der Waals surface area (Å²) in [5.74, 6) is -0.0348. The van der Waals surface area contributed by atoms with Crippen molar-refractivity contribution in [2.75, 3.05) is 13.2 Å². The number of aromatic nitrogens is 3. The molecule has 1 saturated carbocycles. The topological polar surface area (TPSA) is 60.2 Å². The van der Waals surface area contributed by atoms with Crippen LogP contribution in [0.1, 0.15) is 36.2 Å². The molecule has 6 nitrogen and oxygen atoms in total. The third kappa shape index (κ3) is 2.74. The van der Waals surface area contributed by atoms with Crippen molar-refractivity contribution in [2.24, 2.45) is 0 Å². The van der Waals surface area contributed by atoms with Crippen molar-refractivity contribution in [3.05, 3.63) is 42.2 Å². The third-order valence-corrected chi connectivity index (χ3v) is 4.69. The fraction of sp³-hybridized carbons (Fsp3) is 0.471. The van der Waals surface area contributed by atoms with Crippen LogP contribution < -0.4 is 0 Å². The average Bonchev–Trinajstić information content (AvgIpc) is 3.11. The van der Waals surface area contributed by atoms with Gasteiger partial charge in [0.05, 0.1) is 30.6 Å². The molecule has 4 rings (SSSR count). The molecule has 6 heteroatoms. The van der Waals surface area contributed by atoms with Gasteiger partial charge in [-0.15, -0.1) is 5.10 Å². The Hall–Kier alpha value is -2.21. The smallest absolute Gasteiger partial charge is 0.276 e. The van der Waals surface area contributed by atoms with E-state index in [2.05, 4.69) is 10.2 Å². The van der Waals surface area contributed by atoms with E-state index in [1.54, 1.807) is 6.20 Å². The molecule has 2 fully saturated rings. The second kappa shape index (κ2) is 6.12. The van der Waals surface area contributed by atoms with Gasteiger partial charge in [-0.05, 0) is 25.0 Å². The Bertz CT molecular complexity index is 683. The van der Waals surface area contributed by atoms with Crippen LogP contribution in [0.25, 0.3) is 5.69 Å². The van der Waals surface area contributed by atoms with E-state index < -0.39 is 0 Å². The molecule has 120 valence electrons. The van der Waals surface area contributed by atoms with Gasteiger partial charge in [0, 0.05) is 6.54 Å². The van der Waals surface area contributed by atoms with E-state index in [0.29, 0.717) is 18.8 Å². The molecule has 2 aromatic rings. The van der Waals surface area contributed by atoms with Crippen molar-refractivity contribution >= 4 is 5.91 Å². The fourth-order valence-corrected chi connectivity index (χ4v) is 3.54. The second-order valence-corrected chi connectivity index (χ2v) is 6.11. The van der Waals surface area contributed by atoms with Gasteiger partial charge in [0.15, 0.2) is 5.69 Å². The zero-order chi connectivity index (χ0) is 15.6. The lowest BCUT2D eigenvalue weighted by Gasteiger charge is -2.43. The zero-order valence-electron chi connectivity index (χ0n) is 13.0. The highest BCUT2D eigenvalue weighted by atomic mass is 16.5.